The molecule has 0 radical (unpaired) electrons. The SMILES string of the molecule is CC(=O)c1sc(N2C[C@@H](C)O[C@@H](C)C2)c(C2CC2)c1N. The topological polar surface area (TPSA) is 55.6 Å². The first kappa shape index (κ1) is 13.9. The van der Waals surface area contributed by atoms with E-state index in [1.54, 1.807) is 18.3 Å². The fourth-order valence-corrected chi connectivity index (χ4v) is 4.27. The number of carbonyl (C=O) groups is 1. The molecule has 1 aliphatic heterocycles. The highest BCUT2D eigenvalue weighted by molar-refractivity contribution is 7.18. The summed E-state index contributed by atoms with van der Waals surface area (Å²) in [5, 5.41) is 1.21. The minimum atomic E-state index is 0.0787. The lowest BCUT2D eigenvalue weighted by Crippen LogP contribution is -2.45. The van der Waals surface area contributed by atoms with Crippen molar-refractivity contribution in [2.45, 2.75) is 51.7 Å². The van der Waals surface area contributed by atoms with Crippen LogP contribution in [-0.2, 0) is 4.74 Å². The molecule has 2 N–H and O–H groups in total. The number of nitrogens with two attached hydrogens (primary N) is 1. The number of carbonyl (C=O) groups excluding carboxylic acids is 1. The van der Waals surface area contributed by atoms with E-state index in [2.05, 4.69) is 18.7 Å². The first-order chi connectivity index (χ1) is 9.47. The molecule has 3 rings (SSSR count). The molecule has 1 aromatic rings. The van der Waals surface area contributed by atoms with Gasteiger partial charge in [0, 0.05) is 25.6 Å². The number of hydrogen-bond acceptors (Lipinski definition) is 5. The zero-order valence-electron chi connectivity index (χ0n) is 12.3. The first-order valence-corrected chi connectivity index (χ1v) is 8.12. The zero-order valence-corrected chi connectivity index (χ0v) is 13.1. The van der Waals surface area contributed by atoms with Crippen LogP contribution in [0.4, 0.5) is 10.7 Å². The van der Waals surface area contributed by atoms with Crippen LogP contribution in [0, 0.1) is 0 Å². The van der Waals surface area contributed by atoms with Gasteiger partial charge in [0.05, 0.1) is 27.8 Å². The smallest absolute Gasteiger partial charge is 0.171 e. The van der Waals surface area contributed by atoms with Gasteiger partial charge in [-0.25, -0.2) is 0 Å². The van der Waals surface area contributed by atoms with E-state index in [4.69, 9.17) is 10.5 Å². The second-order valence-electron chi connectivity index (χ2n) is 6.06. The molecule has 5 heteroatoms. The number of morpholine rings is 1. The van der Waals surface area contributed by atoms with Gasteiger partial charge < -0.3 is 15.4 Å². The maximum atomic E-state index is 11.8. The van der Waals surface area contributed by atoms with Gasteiger partial charge in [-0.15, -0.1) is 11.3 Å². The Bertz CT molecular complexity index is 526. The third-order valence-corrected chi connectivity index (χ3v) is 5.36. The lowest BCUT2D eigenvalue weighted by atomic mass is 10.1. The van der Waals surface area contributed by atoms with Crippen molar-refractivity contribution in [1.82, 2.24) is 0 Å². The molecule has 110 valence electrons. The van der Waals surface area contributed by atoms with E-state index in [0.717, 1.165) is 23.7 Å². The normalized spacial score (nSPS) is 26.9. The van der Waals surface area contributed by atoms with Crippen molar-refractivity contribution in [3.63, 3.8) is 0 Å². The van der Waals surface area contributed by atoms with Crippen LogP contribution in [0.5, 0.6) is 0 Å². The molecule has 0 amide bonds. The summed E-state index contributed by atoms with van der Waals surface area (Å²) < 4.78 is 5.80. The van der Waals surface area contributed by atoms with Crippen LogP contribution in [0.2, 0.25) is 0 Å². The molecule has 0 unspecified atom stereocenters. The molecule has 0 bridgehead atoms. The number of hydrogen-bond donors (Lipinski definition) is 1. The molecule has 2 atom stereocenters. The minimum absolute atomic E-state index is 0.0787. The van der Waals surface area contributed by atoms with Crippen molar-refractivity contribution in [3.8, 4) is 0 Å². The van der Waals surface area contributed by atoms with Gasteiger partial charge in [-0.05, 0) is 32.6 Å². The average molecular weight is 294 g/mol. The van der Waals surface area contributed by atoms with Crippen molar-refractivity contribution >= 4 is 27.8 Å². The van der Waals surface area contributed by atoms with E-state index < -0.39 is 0 Å². The molecule has 1 saturated heterocycles. The molecule has 0 aromatic carbocycles. The highest BCUT2D eigenvalue weighted by Crippen LogP contribution is 2.52. The van der Waals surface area contributed by atoms with Crippen LogP contribution in [0.3, 0.4) is 0 Å². The molecule has 1 saturated carbocycles. The van der Waals surface area contributed by atoms with Gasteiger partial charge in [0.1, 0.15) is 0 Å². The number of anilines is 2. The molecule has 2 heterocycles. The van der Waals surface area contributed by atoms with Crippen molar-refractivity contribution in [1.29, 1.82) is 0 Å². The van der Waals surface area contributed by atoms with Crippen LogP contribution in [0.15, 0.2) is 0 Å². The summed E-state index contributed by atoms with van der Waals surface area (Å²) >= 11 is 1.57. The van der Waals surface area contributed by atoms with Gasteiger partial charge in [-0.3, -0.25) is 4.79 Å². The Morgan fingerprint density at radius 1 is 1.30 bits per heavy atom. The highest BCUT2D eigenvalue weighted by Gasteiger charge is 2.35. The Morgan fingerprint density at radius 3 is 2.40 bits per heavy atom. The molecule has 20 heavy (non-hydrogen) atoms. The standard InChI is InChI=1S/C15H22N2O2S/c1-8-6-17(7-9(2)19-8)15-12(11-4-5-11)13(16)14(20-15)10(3)18/h8-9,11H,4-7,16H2,1-3H3/t8-,9+. The Hall–Kier alpha value is -1.07. The largest absolute Gasteiger partial charge is 0.397 e. The number of rotatable bonds is 3. The monoisotopic (exact) mass is 294 g/mol. The third kappa shape index (κ3) is 2.44. The third-order valence-electron chi connectivity index (χ3n) is 3.98. The van der Waals surface area contributed by atoms with E-state index in [0.29, 0.717) is 5.92 Å². The summed E-state index contributed by atoms with van der Waals surface area (Å²) in [5.74, 6) is 0.637. The van der Waals surface area contributed by atoms with Gasteiger partial charge >= 0.3 is 0 Å². The molecular weight excluding hydrogens is 272 g/mol. The fraction of sp³-hybridized carbons (Fsp3) is 0.667. The molecular formula is C15H22N2O2S. The summed E-state index contributed by atoms with van der Waals surface area (Å²) in [6.45, 7) is 7.56. The fourth-order valence-electron chi connectivity index (χ4n) is 3.05. The van der Waals surface area contributed by atoms with Crippen molar-refractivity contribution in [3.05, 3.63) is 10.4 Å². The molecule has 1 aromatic heterocycles. The number of nitrogen functional groups attached to an aromatic ring is 1. The first-order valence-electron chi connectivity index (χ1n) is 7.30. The summed E-state index contributed by atoms with van der Waals surface area (Å²) in [6.07, 6.45) is 2.83. The number of ether oxygens (including phenoxy) is 1. The molecule has 4 nitrogen and oxygen atoms in total. The lowest BCUT2D eigenvalue weighted by molar-refractivity contribution is -0.00504. The minimum Gasteiger partial charge on any atom is -0.397 e. The number of ketones is 1. The molecule has 2 fully saturated rings. The summed E-state index contributed by atoms with van der Waals surface area (Å²) in [4.78, 5) is 14.9. The van der Waals surface area contributed by atoms with Crippen LogP contribution in [0.1, 0.15) is 54.8 Å². The van der Waals surface area contributed by atoms with E-state index >= 15 is 0 Å². The Labute approximate surface area is 123 Å². The lowest BCUT2D eigenvalue weighted by Gasteiger charge is -2.36. The number of Topliss-reactive ketones (excluding diaryl/α,β-unsaturated/α-hetero) is 1. The van der Waals surface area contributed by atoms with Gasteiger partial charge in [-0.2, -0.15) is 0 Å². The van der Waals surface area contributed by atoms with Gasteiger partial charge in [0.25, 0.3) is 0 Å². The van der Waals surface area contributed by atoms with Gasteiger partial charge in [-0.1, -0.05) is 0 Å². The summed E-state index contributed by atoms with van der Waals surface area (Å²) in [5.41, 5.74) is 8.21. The molecule has 1 aliphatic carbocycles. The Morgan fingerprint density at radius 2 is 1.90 bits per heavy atom. The van der Waals surface area contributed by atoms with Crippen LogP contribution >= 0.6 is 11.3 Å². The van der Waals surface area contributed by atoms with E-state index in [1.165, 1.54) is 23.4 Å². The zero-order chi connectivity index (χ0) is 14.4. The van der Waals surface area contributed by atoms with Crippen molar-refractivity contribution in [2.24, 2.45) is 0 Å². The number of nitrogens with zero attached hydrogens (tertiary/aromatic N) is 1. The van der Waals surface area contributed by atoms with Crippen LogP contribution < -0.4 is 10.6 Å². The van der Waals surface area contributed by atoms with E-state index in [9.17, 15) is 4.79 Å². The predicted octanol–water partition coefficient (Wildman–Crippen LogP) is 3.02. The van der Waals surface area contributed by atoms with E-state index in [1.807, 2.05) is 0 Å². The van der Waals surface area contributed by atoms with Gasteiger partial charge in [0.2, 0.25) is 0 Å². The highest BCUT2D eigenvalue weighted by atomic mass is 32.1. The Kier molecular flexibility index (Phi) is 3.50. The summed E-state index contributed by atoms with van der Waals surface area (Å²) in [7, 11) is 0. The van der Waals surface area contributed by atoms with Crippen LogP contribution in [-0.4, -0.2) is 31.1 Å². The van der Waals surface area contributed by atoms with Crippen molar-refractivity contribution < 1.29 is 9.53 Å². The molecule has 2 aliphatic rings. The second kappa shape index (κ2) is 5.04. The number of thiophene rings is 1. The quantitative estimate of drug-likeness (QED) is 0.871. The molecule has 0 spiro atoms. The summed E-state index contributed by atoms with van der Waals surface area (Å²) in [6, 6.07) is 0. The Balaban J connectivity index is 1.99. The average Bonchev–Trinajstić information content (AvgIpc) is 3.11. The maximum Gasteiger partial charge on any atom is 0.171 e. The van der Waals surface area contributed by atoms with Gasteiger partial charge in [0.15, 0.2) is 5.78 Å². The maximum absolute atomic E-state index is 11.8. The predicted molar refractivity (Wildman–Crippen MR) is 82.9 cm³/mol. The van der Waals surface area contributed by atoms with Crippen molar-refractivity contribution in [2.75, 3.05) is 23.7 Å². The second-order valence-corrected chi connectivity index (χ2v) is 7.06. The van der Waals surface area contributed by atoms with Crippen LogP contribution in [0.25, 0.3) is 0 Å². The van der Waals surface area contributed by atoms with E-state index in [-0.39, 0.29) is 18.0 Å².